The first-order valence-corrected chi connectivity index (χ1v) is 8.75. The molecule has 0 saturated carbocycles. The van der Waals surface area contributed by atoms with Crippen molar-refractivity contribution in [1.82, 2.24) is 16.4 Å². The van der Waals surface area contributed by atoms with Crippen LogP contribution in [0.2, 0.25) is 0 Å². The molecule has 3 heterocycles. The highest BCUT2D eigenvalue weighted by Gasteiger charge is 2.26. The van der Waals surface area contributed by atoms with Crippen LogP contribution in [0.1, 0.15) is 26.7 Å². The van der Waals surface area contributed by atoms with Gasteiger partial charge in [0.05, 0.1) is 26.4 Å². The van der Waals surface area contributed by atoms with Crippen molar-refractivity contribution >= 4 is 0 Å². The maximum Gasteiger partial charge on any atom is 0.151 e. The van der Waals surface area contributed by atoms with Gasteiger partial charge in [-0.2, -0.15) is 0 Å². The van der Waals surface area contributed by atoms with Gasteiger partial charge in [-0.05, 0) is 13.0 Å². The van der Waals surface area contributed by atoms with Crippen LogP contribution in [0.15, 0.2) is 0 Å². The number of nitrogens with one attached hydrogen (secondary N) is 1. The van der Waals surface area contributed by atoms with Crippen molar-refractivity contribution in [1.29, 1.82) is 0 Å². The summed E-state index contributed by atoms with van der Waals surface area (Å²) in [5.74, 6) is 0. The summed E-state index contributed by atoms with van der Waals surface area (Å²) in [5.41, 5.74) is 0. The second-order valence-electron chi connectivity index (χ2n) is 5.90. The molecule has 0 aromatic rings. The quantitative estimate of drug-likeness (QED) is 0.372. The van der Waals surface area contributed by atoms with E-state index in [1.165, 1.54) is 32.7 Å². The second-order valence-corrected chi connectivity index (χ2v) is 5.90. The number of ether oxygens (including phenoxy) is 3. The molecule has 0 spiro atoms. The van der Waals surface area contributed by atoms with Crippen molar-refractivity contribution in [2.75, 3.05) is 59.2 Å². The minimum absolute atomic E-state index is 0. The molecule has 2 atom stereocenters. The number of hydrogen-bond donors (Lipinski definition) is 4. The summed E-state index contributed by atoms with van der Waals surface area (Å²) in [6, 6.07) is 0. The van der Waals surface area contributed by atoms with E-state index in [0.29, 0.717) is 18.6 Å². The van der Waals surface area contributed by atoms with E-state index in [-0.39, 0.29) is 6.15 Å². The minimum Gasteiger partial charge on any atom is -0.376 e. The summed E-state index contributed by atoms with van der Waals surface area (Å²) in [5, 5.41) is 19.5. The number of hydrogen-bond acceptors (Lipinski definition) is 8. The average Bonchev–Trinajstić information content (AvgIpc) is 3.45. The van der Waals surface area contributed by atoms with E-state index in [1.807, 2.05) is 6.92 Å². The molecule has 146 valence electrons. The Kier molecular flexibility index (Phi) is 14.8. The third kappa shape index (κ3) is 15.2. The molecule has 24 heavy (non-hydrogen) atoms. The first kappa shape index (κ1) is 23.7. The van der Waals surface area contributed by atoms with Crippen LogP contribution in [0, 0.1) is 0 Å². The highest BCUT2D eigenvalue weighted by atomic mass is 16.6. The average molecular weight is 351 g/mol. The van der Waals surface area contributed by atoms with Gasteiger partial charge in [-0.1, -0.05) is 20.3 Å². The molecular formula is C16H37N3O5. The standard InChI is InChI=1S/C6H14N2.C6H10O3.C4H10O2.H3N/c1-2-8-5-3-7-4-6-8;1(5-3-8-5)7-2-6-4-9-6;1-2-3-4(5)6;/h7H,2-6H2,1H3;5-6H,1-4H2;4-6H,2-3H2,1H3;1H3. The fourth-order valence-electron chi connectivity index (χ4n) is 1.95. The molecule has 3 aliphatic heterocycles. The predicted octanol–water partition coefficient (Wildman–Crippen LogP) is -0.0287. The normalized spacial score (nSPS) is 24.9. The Morgan fingerprint density at radius 1 is 1.08 bits per heavy atom. The molecule has 0 radical (unpaired) electrons. The zero-order valence-corrected chi connectivity index (χ0v) is 15.3. The highest BCUT2D eigenvalue weighted by molar-refractivity contribution is 4.71. The summed E-state index contributed by atoms with van der Waals surface area (Å²) < 4.78 is 15.1. The Bertz CT molecular complexity index is 258. The van der Waals surface area contributed by atoms with Gasteiger partial charge in [-0.25, -0.2) is 0 Å². The molecule has 3 aliphatic rings. The molecule has 0 aliphatic carbocycles. The summed E-state index contributed by atoms with van der Waals surface area (Å²) >= 11 is 0. The zero-order valence-electron chi connectivity index (χ0n) is 15.3. The fourth-order valence-corrected chi connectivity index (χ4v) is 1.95. The van der Waals surface area contributed by atoms with Gasteiger partial charge >= 0.3 is 0 Å². The lowest BCUT2D eigenvalue weighted by molar-refractivity contribution is -0.0453. The Labute approximate surface area is 146 Å². The van der Waals surface area contributed by atoms with E-state index in [2.05, 4.69) is 17.1 Å². The SMILES string of the molecule is C(OCC1CO1)C1CO1.CCCC(O)O.CCN1CCNCC1.N. The van der Waals surface area contributed by atoms with Gasteiger partial charge in [0.25, 0.3) is 0 Å². The number of rotatable bonds is 7. The number of aliphatic hydroxyl groups is 2. The van der Waals surface area contributed by atoms with Gasteiger partial charge in [-0.15, -0.1) is 0 Å². The van der Waals surface area contributed by atoms with E-state index in [9.17, 15) is 0 Å². The topological polar surface area (TPSA) is 125 Å². The molecule has 0 aromatic heterocycles. The minimum atomic E-state index is -1.10. The molecule has 2 unspecified atom stereocenters. The van der Waals surface area contributed by atoms with Crippen molar-refractivity contribution in [3.8, 4) is 0 Å². The number of aliphatic hydroxyl groups excluding tert-OH is 1. The lowest BCUT2D eigenvalue weighted by atomic mass is 10.3. The van der Waals surface area contributed by atoms with Gasteiger partial charge in [0.1, 0.15) is 12.2 Å². The smallest absolute Gasteiger partial charge is 0.151 e. The lowest BCUT2D eigenvalue weighted by Crippen LogP contribution is -2.43. The molecular weight excluding hydrogens is 314 g/mol. The van der Waals surface area contributed by atoms with Crippen LogP contribution in [-0.4, -0.2) is 92.8 Å². The molecule has 0 amide bonds. The molecule has 0 bridgehead atoms. The molecule has 3 rings (SSSR count). The van der Waals surface area contributed by atoms with Crippen molar-refractivity contribution < 1.29 is 24.4 Å². The van der Waals surface area contributed by atoms with Crippen molar-refractivity contribution in [3.05, 3.63) is 0 Å². The molecule has 3 fully saturated rings. The van der Waals surface area contributed by atoms with Crippen LogP contribution in [-0.2, 0) is 14.2 Å². The van der Waals surface area contributed by atoms with Gasteiger partial charge in [0, 0.05) is 26.2 Å². The summed E-state index contributed by atoms with van der Waals surface area (Å²) in [6.07, 6.45) is 1.000. The van der Waals surface area contributed by atoms with E-state index in [0.717, 1.165) is 32.8 Å². The van der Waals surface area contributed by atoms with Crippen molar-refractivity contribution in [2.24, 2.45) is 0 Å². The third-order valence-electron chi connectivity index (χ3n) is 3.62. The third-order valence-corrected chi connectivity index (χ3v) is 3.62. The first-order chi connectivity index (χ1) is 11.2. The fraction of sp³-hybridized carbons (Fsp3) is 1.00. The first-order valence-electron chi connectivity index (χ1n) is 8.75. The summed E-state index contributed by atoms with van der Waals surface area (Å²) in [6.45, 7) is 13.4. The number of likely N-dealkylation sites (N-methyl/N-ethyl adjacent to an activating group) is 1. The molecule has 0 aromatic carbocycles. The zero-order chi connectivity index (χ0) is 16.9. The van der Waals surface area contributed by atoms with Crippen LogP contribution in [0.25, 0.3) is 0 Å². The van der Waals surface area contributed by atoms with Crippen LogP contribution in [0.5, 0.6) is 0 Å². The van der Waals surface area contributed by atoms with Gasteiger partial charge in [0.15, 0.2) is 6.29 Å². The monoisotopic (exact) mass is 351 g/mol. The van der Waals surface area contributed by atoms with E-state index < -0.39 is 6.29 Å². The molecule has 8 heteroatoms. The number of nitrogens with zero attached hydrogens (tertiary/aromatic N) is 1. The summed E-state index contributed by atoms with van der Waals surface area (Å²) in [4.78, 5) is 2.45. The van der Waals surface area contributed by atoms with E-state index in [1.54, 1.807) is 0 Å². The predicted molar refractivity (Wildman–Crippen MR) is 93.4 cm³/mol. The Morgan fingerprint density at radius 2 is 1.58 bits per heavy atom. The number of piperazine rings is 1. The van der Waals surface area contributed by atoms with E-state index >= 15 is 0 Å². The van der Waals surface area contributed by atoms with Crippen molar-refractivity contribution in [3.63, 3.8) is 0 Å². The van der Waals surface area contributed by atoms with Crippen LogP contribution < -0.4 is 11.5 Å². The van der Waals surface area contributed by atoms with Crippen LogP contribution in [0.3, 0.4) is 0 Å². The number of epoxide rings is 2. The lowest BCUT2D eigenvalue weighted by Gasteiger charge is -2.25. The Hall–Kier alpha value is -0.320. The highest BCUT2D eigenvalue weighted by Crippen LogP contribution is 2.12. The summed E-state index contributed by atoms with van der Waals surface area (Å²) in [7, 11) is 0. The largest absolute Gasteiger partial charge is 0.376 e. The van der Waals surface area contributed by atoms with Crippen molar-refractivity contribution in [2.45, 2.75) is 45.2 Å². The second kappa shape index (κ2) is 15.0. The van der Waals surface area contributed by atoms with Gasteiger partial charge in [0.2, 0.25) is 0 Å². The van der Waals surface area contributed by atoms with Gasteiger partial charge in [-0.3, -0.25) is 0 Å². The molecule has 8 nitrogen and oxygen atoms in total. The van der Waals surface area contributed by atoms with Crippen LogP contribution >= 0.6 is 0 Å². The van der Waals surface area contributed by atoms with Crippen LogP contribution in [0.4, 0.5) is 0 Å². The van der Waals surface area contributed by atoms with Gasteiger partial charge < -0.3 is 40.8 Å². The Morgan fingerprint density at radius 3 is 1.83 bits per heavy atom. The maximum absolute atomic E-state index is 8.11. The Balaban J connectivity index is 0.000000332. The molecule has 3 saturated heterocycles. The maximum atomic E-state index is 8.11. The van der Waals surface area contributed by atoms with E-state index in [4.69, 9.17) is 24.4 Å². The molecule has 6 N–H and O–H groups in total.